The maximum absolute atomic E-state index is 4.62. The zero-order valence-corrected chi connectivity index (χ0v) is 16.9. The van der Waals surface area contributed by atoms with Gasteiger partial charge in [0.25, 0.3) is 0 Å². The molecule has 6 heteroatoms. The van der Waals surface area contributed by atoms with Gasteiger partial charge in [-0.1, -0.05) is 31.2 Å². The summed E-state index contributed by atoms with van der Waals surface area (Å²) >= 11 is 0. The third-order valence-corrected chi connectivity index (χ3v) is 5.69. The van der Waals surface area contributed by atoms with Gasteiger partial charge < -0.3 is 4.90 Å². The SMILES string of the molecule is C=CCn1c(-c2cccc3cccnc23)nnc1N1CC(C)N(CC)CC1C. The van der Waals surface area contributed by atoms with Gasteiger partial charge in [-0.15, -0.1) is 16.8 Å². The number of fused-ring (bicyclic) bond motifs is 1. The number of benzene rings is 1. The Bertz CT molecular complexity index is 973. The number of para-hydroxylation sites is 1. The van der Waals surface area contributed by atoms with Crippen molar-refractivity contribution in [3.05, 3.63) is 49.2 Å². The lowest BCUT2D eigenvalue weighted by Gasteiger charge is -2.44. The first-order valence-corrected chi connectivity index (χ1v) is 10.0. The van der Waals surface area contributed by atoms with Crippen molar-refractivity contribution in [3.8, 4) is 11.4 Å². The fourth-order valence-corrected chi connectivity index (χ4v) is 4.21. The van der Waals surface area contributed by atoms with Gasteiger partial charge in [0.2, 0.25) is 5.95 Å². The van der Waals surface area contributed by atoms with Crippen LogP contribution in [0.2, 0.25) is 0 Å². The number of allylic oxidation sites excluding steroid dienone is 1. The first-order valence-electron chi connectivity index (χ1n) is 10.0. The van der Waals surface area contributed by atoms with Gasteiger partial charge in [-0.05, 0) is 32.5 Å². The molecule has 2 unspecified atom stereocenters. The van der Waals surface area contributed by atoms with E-state index in [1.54, 1.807) is 0 Å². The van der Waals surface area contributed by atoms with E-state index in [-0.39, 0.29) is 0 Å². The van der Waals surface area contributed by atoms with Crippen LogP contribution in [0.4, 0.5) is 5.95 Å². The maximum atomic E-state index is 4.62. The molecule has 2 aromatic heterocycles. The molecule has 0 N–H and O–H groups in total. The number of anilines is 1. The second-order valence-electron chi connectivity index (χ2n) is 7.54. The van der Waals surface area contributed by atoms with E-state index in [9.17, 15) is 0 Å². The van der Waals surface area contributed by atoms with Gasteiger partial charge in [-0.3, -0.25) is 14.5 Å². The number of nitrogens with zero attached hydrogens (tertiary/aromatic N) is 6. The summed E-state index contributed by atoms with van der Waals surface area (Å²) in [5.41, 5.74) is 1.96. The summed E-state index contributed by atoms with van der Waals surface area (Å²) in [5, 5.41) is 10.3. The number of rotatable bonds is 5. The molecule has 2 atom stereocenters. The van der Waals surface area contributed by atoms with Crippen molar-refractivity contribution in [1.82, 2.24) is 24.6 Å². The van der Waals surface area contributed by atoms with Gasteiger partial charge in [0.1, 0.15) is 0 Å². The van der Waals surface area contributed by atoms with E-state index in [0.29, 0.717) is 18.6 Å². The fourth-order valence-electron chi connectivity index (χ4n) is 4.21. The monoisotopic (exact) mass is 376 g/mol. The standard InChI is InChI=1S/C22H28N6/c1-5-13-27-21(19-11-7-9-18-10-8-12-23-20(18)19)24-25-22(27)28-15-16(3)26(6-2)14-17(28)4/h5,7-12,16-17H,1,6,13-15H2,2-4H3. The van der Waals surface area contributed by atoms with Gasteiger partial charge in [-0.2, -0.15) is 0 Å². The molecule has 1 saturated heterocycles. The minimum Gasteiger partial charge on any atom is -0.335 e. The summed E-state index contributed by atoms with van der Waals surface area (Å²) in [6, 6.07) is 11.1. The Labute approximate surface area is 166 Å². The van der Waals surface area contributed by atoms with E-state index in [1.165, 1.54) is 0 Å². The van der Waals surface area contributed by atoms with Crippen LogP contribution in [-0.4, -0.2) is 56.4 Å². The third kappa shape index (κ3) is 3.18. The lowest BCUT2D eigenvalue weighted by molar-refractivity contribution is 0.173. The van der Waals surface area contributed by atoms with Crippen molar-refractivity contribution in [3.63, 3.8) is 0 Å². The molecule has 0 spiro atoms. The average Bonchev–Trinajstić information content (AvgIpc) is 3.12. The van der Waals surface area contributed by atoms with Crippen molar-refractivity contribution >= 4 is 16.9 Å². The molecule has 4 rings (SSSR count). The maximum Gasteiger partial charge on any atom is 0.228 e. The number of pyridine rings is 1. The zero-order valence-electron chi connectivity index (χ0n) is 16.9. The van der Waals surface area contributed by atoms with E-state index in [4.69, 9.17) is 0 Å². The Morgan fingerprint density at radius 1 is 1.11 bits per heavy atom. The summed E-state index contributed by atoms with van der Waals surface area (Å²) in [4.78, 5) is 9.50. The second kappa shape index (κ2) is 7.72. The van der Waals surface area contributed by atoms with Crippen LogP contribution in [-0.2, 0) is 6.54 Å². The molecule has 146 valence electrons. The molecule has 0 saturated carbocycles. The zero-order chi connectivity index (χ0) is 19.7. The molecular formula is C22H28N6. The summed E-state index contributed by atoms with van der Waals surface area (Å²) in [7, 11) is 0. The van der Waals surface area contributed by atoms with Gasteiger partial charge in [-0.25, -0.2) is 0 Å². The highest BCUT2D eigenvalue weighted by molar-refractivity contribution is 5.91. The molecule has 0 bridgehead atoms. The van der Waals surface area contributed by atoms with E-state index < -0.39 is 0 Å². The smallest absolute Gasteiger partial charge is 0.228 e. The van der Waals surface area contributed by atoms with Crippen molar-refractivity contribution in [2.45, 2.75) is 39.4 Å². The molecule has 1 aliphatic heterocycles. The van der Waals surface area contributed by atoms with Crippen LogP contribution < -0.4 is 4.90 Å². The van der Waals surface area contributed by atoms with Crippen LogP contribution in [0.15, 0.2) is 49.2 Å². The molecule has 0 aliphatic carbocycles. The lowest BCUT2D eigenvalue weighted by Crippen LogP contribution is -2.57. The molecule has 1 aromatic carbocycles. The van der Waals surface area contributed by atoms with E-state index in [1.807, 2.05) is 18.3 Å². The highest BCUT2D eigenvalue weighted by Gasteiger charge is 2.31. The van der Waals surface area contributed by atoms with Crippen molar-refractivity contribution in [2.24, 2.45) is 0 Å². The van der Waals surface area contributed by atoms with Gasteiger partial charge in [0, 0.05) is 48.9 Å². The topological polar surface area (TPSA) is 50.1 Å². The molecule has 6 nitrogen and oxygen atoms in total. The summed E-state index contributed by atoms with van der Waals surface area (Å²) in [6.07, 6.45) is 3.74. The van der Waals surface area contributed by atoms with Gasteiger partial charge in [0.15, 0.2) is 5.82 Å². The Hall–Kier alpha value is -2.73. The Morgan fingerprint density at radius 3 is 2.71 bits per heavy atom. The van der Waals surface area contributed by atoms with Crippen LogP contribution in [0.1, 0.15) is 20.8 Å². The predicted molar refractivity (Wildman–Crippen MR) is 114 cm³/mol. The molecule has 1 aliphatic rings. The molecule has 1 fully saturated rings. The molecular weight excluding hydrogens is 348 g/mol. The predicted octanol–water partition coefficient (Wildman–Crippen LogP) is 3.60. The van der Waals surface area contributed by atoms with Crippen molar-refractivity contribution < 1.29 is 0 Å². The molecule has 0 amide bonds. The largest absolute Gasteiger partial charge is 0.335 e. The van der Waals surface area contributed by atoms with Crippen LogP contribution in [0.3, 0.4) is 0 Å². The summed E-state index contributed by atoms with van der Waals surface area (Å²) in [6.45, 7) is 14.4. The fraction of sp³-hybridized carbons (Fsp3) is 0.409. The number of hydrogen-bond donors (Lipinski definition) is 0. The van der Waals surface area contributed by atoms with Gasteiger partial charge in [0.05, 0.1) is 5.52 Å². The second-order valence-corrected chi connectivity index (χ2v) is 7.54. The van der Waals surface area contributed by atoms with Crippen LogP contribution >= 0.6 is 0 Å². The van der Waals surface area contributed by atoms with Crippen LogP contribution in [0.5, 0.6) is 0 Å². The van der Waals surface area contributed by atoms with Gasteiger partial charge >= 0.3 is 0 Å². The molecule has 3 aromatic rings. The highest BCUT2D eigenvalue weighted by atomic mass is 15.4. The normalized spacial score (nSPS) is 20.6. The third-order valence-electron chi connectivity index (χ3n) is 5.69. The molecule has 28 heavy (non-hydrogen) atoms. The average molecular weight is 377 g/mol. The number of likely N-dealkylation sites (N-methyl/N-ethyl adjacent to an activating group) is 1. The van der Waals surface area contributed by atoms with E-state index in [0.717, 1.165) is 47.9 Å². The van der Waals surface area contributed by atoms with Crippen molar-refractivity contribution in [1.29, 1.82) is 0 Å². The quantitative estimate of drug-likeness (QED) is 0.637. The number of piperazine rings is 1. The minimum absolute atomic E-state index is 0.377. The summed E-state index contributed by atoms with van der Waals surface area (Å²) in [5.74, 6) is 1.76. The molecule has 3 heterocycles. The Morgan fingerprint density at radius 2 is 1.93 bits per heavy atom. The van der Waals surface area contributed by atoms with Crippen LogP contribution in [0, 0.1) is 0 Å². The first kappa shape index (κ1) is 18.6. The Kier molecular flexibility index (Phi) is 5.13. The van der Waals surface area contributed by atoms with Crippen molar-refractivity contribution in [2.75, 3.05) is 24.5 Å². The minimum atomic E-state index is 0.377. The number of hydrogen-bond acceptors (Lipinski definition) is 5. The Balaban J connectivity index is 1.79. The van der Waals surface area contributed by atoms with E-state index in [2.05, 4.69) is 81.2 Å². The first-order chi connectivity index (χ1) is 13.6. The molecule has 0 radical (unpaired) electrons. The summed E-state index contributed by atoms with van der Waals surface area (Å²) < 4.78 is 2.17. The van der Waals surface area contributed by atoms with E-state index >= 15 is 0 Å². The van der Waals surface area contributed by atoms with Crippen LogP contribution in [0.25, 0.3) is 22.3 Å². The lowest BCUT2D eigenvalue weighted by atomic mass is 10.1. The number of aromatic nitrogens is 4. The highest BCUT2D eigenvalue weighted by Crippen LogP contribution is 2.30.